The highest BCUT2D eigenvalue weighted by atomic mass is 19.1. The van der Waals surface area contributed by atoms with Gasteiger partial charge >= 0.3 is 6.03 Å². The minimum Gasteiger partial charge on any atom is -0.497 e. The second-order valence-corrected chi connectivity index (χ2v) is 8.79. The molecule has 4 amide bonds. The molecule has 1 aliphatic heterocycles. The van der Waals surface area contributed by atoms with Gasteiger partial charge in [-0.05, 0) is 60.5 Å². The van der Waals surface area contributed by atoms with Crippen LogP contribution in [0.4, 0.5) is 26.4 Å². The van der Waals surface area contributed by atoms with Crippen molar-refractivity contribution in [3.63, 3.8) is 0 Å². The molecule has 1 unspecified atom stereocenters. The number of imide groups is 1. The van der Waals surface area contributed by atoms with Gasteiger partial charge in [-0.2, -0.15) is 0 Å². The first-order valence-corrected chi connectivity index (χ1v) is 11.7. The third kappa shape index (κ3) is 5.85. The minimum absolute atomic E-state index is 0.211. The summed E-state index contributed by atoms with van der Waals surface area (Å²) >= 11 is 0. The van der Waals surface area contributed by atoms with E-state index in [0.717, 1.165) is 16.2 Å². The maximum absolute atomic E-state index is 13.5. The number of aromatic nitrogens is 1. The summed E-state index contributed by atoms with van der Waals surface area (Å²) in [6, 6.07) is 14.4. The molecule has 3 aromatic rings. The number of hydrogen-bond acceptors (Lipinski definition) is 6. The summed E-state index contributed by atoms with van der Waals surface area (Å²) < 4.78 is 18.6. The molecule has 2 heterocycles. The van der Waals surface area contributed by atoms with Crippen LogP contribution in [0.15, 0.2) is 66.9 Å². The number of nitrogens with one attached hydrogen (secondary N) is 1. The van der Waals surface area contributed by atoms with Crippen LogP contribution in [-0.2, 0) is 16.0 Å². The average Bonchev–Trinajstić information content (AvgIpc) is 3.12. The Kier molecular flexibility index (Phi) is 7.66. The quantitative estimate of drug-likeness (QED) is 0.446. The number of rotatable bonds is 9. The van der Waals surface area contributed by atoms with Gasteiger partial charge in [0.15, 0.2) is 0 Å². The summed E-state index contributed by atoms with van der Waals surface area (Å²) in [5, 5.41) is 2.70. The van der Waals surface area contributed by atoms with Crippen molar-refractivity contribution < 1.29 is 23.5 Å². The maximum atomic E-state index is 13.5. The van der Waals surface area contributed by atoms with E-state index in [4.69, 9.17) is 4.74 Å². The molecule has 0 spiro atoms. The zero-order valence-electron chi connectivity index (χ0n) is 20.8. The summed E-state index contributed by atoms with van der Waals surface area (Å²) in [7, 11) is 5.34. The van der Waals surface area contributed by atoms with E-state index < -0.39 is 29.7 Å². The van der Waals surface area contributed by atoms with Gasteiger partial charge < -0.3 is 19.9 Å². The standard InChI is InChI=1S/C27H28FN5O4/c1-31(2)21-10-13-24(29-17-21)30-25(34)16-23-26(35)33(20-8-6-19(28)7-9-20)27(36)32(23)15-14-18-4-11-22(37-3)12-5-18/h4-13,17,23H,14-16H2,1-3H3,(H,29,30,34). The van der Waals surface area contributed by atoms with Crippen LogP contribution < -0.4 is 19.9 Å². The lowest BCUT2D eigenvalue weighted by Crippen LogP contribution is -2.39. The number of anilines is 3. The fourth-order valence-electron chi connectivity index (χ4n) is 4.05. The Morgan fingerprint density at radius 3 is 2.35 bits per heavy atom. The monoisotopic (exact) mass is 505 g/mol. The molecular formula is C27H28FN5O4. The number of pyridine rings is 1. The number of benzene rings is 2. The lowest BCUT2D eigenvalue weighted by Gasteiger charge is -2.21. The SMILES string of the molecule is COc1ccc(CCN2C(=O)N(c3ccc(F)cc3)C(=O)C2CC(=O)Nc2ccc(N(C)C)cn2)cc1. The molecule has 9 nitrogen and oxygen atoms in total. The molecule has 0 saturated carbocycles. The fraction of sp³-hybridized carbons (Fsp3) is 0.259. The Morgan fingerprint density at radius 1 is 1.05 bits per heavy atom. The van der Waals surface area contributed by atoms with Crippen LogP contribution in [-0.4, -0.2) is 61.5 Å². The Balaban J connectivity index is 1.52. The van der Waals surface area contributed by atoms with Crippen molar-refractivity contribution in [1.82, 2.24) is 9.88 Å². The van der Waals surface area contributed by atoms with Crippen molar-refractivity contribution in [2.75, 3.05) is 42.9 Å². The summed E-state index contributed by atoms with van der Waals surface area (Å²) in [6.07, 6.45) is 1.84. The normalized spacial score (nSPS) is 15.2. The summed E-state index contributed by atoms with van der Waals surface area (Å²) in [5.41, 5.74) is 2.05. The van der Waals surface area contributed by atoms with Gasteiger partial charge in [0, 0.05) is 20.6 Å². The molecule has 1 N–H and O–H groups in total. The lowest BCUT2D eigenvalue weighted by atomic mass is 10.1. The number of urea groups is 1. The van der Waals surface area contributed by atoms with Gasteiger partial charge in [-0.25, -0.2) is 19.1 Å². The van der Waals surface area contributed by atoms with Gasteiger partial charge in [0.2, 0.25) is 5.91 Å². The molecule has 1 fully saturated rings. The Hall–Kier alpha value is -4.47. The summed E-state index contributed by atoms with van der Waals surface area (Å²) in [5.74, 6) is -0.431. The average molecular weight is 506 g/mol. The first-order chi connectivity index (χ1) is 17.8. The van der Waals surface area contributed by atoms with Crippen molar-refractivity contribution in [1.29, 1.82) is 0 Å². The number of hydrogen-bond donors (Lipinski definition) is 1. The summed E-state index contributed by atoms with van der Waals surface area (Å²) in [4.78, 5) is 48.1. The Morgan fingerprint density at radius 2 is 1.76 bits per heavy atom. The third-order valence-corrected chi connectivity index (χ3v) is 6.11. The van der Waals surface area contributed by atoms with Gasteiger partial charge in [-0.15, -0.1) is 0 Å². The van der Waals surface area contributed by atoms with Crippen LogP contribution in [0.5, 0.6) is 5.75 Å². The predicted octanol–water partition coefficient (Wildman–Crippen LogP) is 3.70. The van der Waals surface area contributed by atoms with E-state index in [9.17, 15) is 18.8 Å². The molecule has 10 heteroatoms. The highest BCUT2D eigenvalue weighted by Crippen LogP contribution is 2.28. The molecule has 1 saturated heterocycles. The molecule has 37 heavy (non-hydrogen) atoms. The molecular weight excluding hydrogens is 477 g/mol. The van der Waals surface area contributed by atoms with E-state index in [1.807, 2.05) is 49.3 Å². The highest BCUT2D eigenvalue weighted by molar-refractivity contribution is 6.22. The zero-order chi connectivity index (χ0) is 26.5. The molecule has 1 aliphatic rings. The number of carbonyl (C=O) groups excluding carboxylic acids is 3. The van der Waals surface area contributed by atoms with Crippen molar-refractivity contribution in [2.45, 2.75) is 18.9 Å². The number of carbonyl (C=O) groups is 3. The fourth-order valence-corrected chi connectivity index (χ4v) is 4.05. The van der Waals surface area contributed by atoms with Gasteiger partial charge in [-0.1, -0.05) is 12.1 Å². The smallest absolute Gasteiger partial charge is 0.332 e. The predicted molar refractivity (Wildman–Crippen MR) is 138 cm³/mol. The van der Waals surface area contributed by atoms with Crippen molar-refractivity contribution in [2.24, 2.45) is 0 Å². The van der Waals surface area contributed by atoms with E-state index >= 15 is 0 Å². The first kappa shape index (κ1) is 25.6. The van der Waals surface area contributed by atoms with E-state index in [1.54, 1.807) is 19.4 Å². The molecule has 0 aliphatic carbocycles. The number of amides is 4. The van der Waals surface area contributed by atoms with E-state index in [0.29, 0.717) is 18.0 Å². The Bertz CT molecular complexity index is 1260. The molecule has 0 bridgehead atoms. The van der Waals surface area contributed by atoms with E-state index in [-0.39, 0.29) is 18.7 Å². The number of halogens is 1. The van der Waals surface area contributed by atoms with Crippen molar-refractivity contribution in [3.05, 3.63) is 78.2 Å². The van der Waals surface area contributed by atoms with Crippen LogP contribution in [0, 0.1) is 5.82 Å². The topological polar surface area (TPSA) is 95.1 Å². The number of nitrogens with zero attached hydrogens (tertiary/aromatic N) is 4. The molecule has 2 aromatic carbocycles. The first-order valence-electron chi connectivity index (χ1n) is 11.7. The maximum Gasteiger partial charge on any atom is 0.332 e. The van der Waals surface area contributed by atoms with Crippen molar-refractivity contribution >= 4 is 35.0 Å². The molecule has 0 radical (unpaired) electrons. The Labute approximate surface area is 214 Å². The lowest BCUT2D eigenvalue weighted by molar-refractivity contribution is -0.124. The largest absolute Gasteiger partial charge is 0.497 e. The van der Waals surface area contributed by atoms with Crippen LogP contribution >= 0.6 is 0 Å². The van der Waals surface area contributed by atoms with Crippen LogP contribution in [0.2, 0.25) is 0 Å². The number of ether oxygens (including phenoxy) is 1. The minimum atomic E-state index is -1.02. The second kappa shape index (κ2) is 11.1. The molecule has 1 aromatic heterocycles. The van der Waals surface area contributed by atoms with Crippen LogP contribution in [0.1, 0.15) is 12.0 Å². The van der Waals surface area contributed by atoms with Crippen LogP contribution in [0.3, 0.4) is 0 Å². The van der Waals surface area contributed by atoms with E-state index in [1.165, 1.54) is 29.2 Å². The van der Waals surface area contributed by atoms with Crippen LogP contribution in [0.25, 0.3) is 0 Å². The molecule has 4 rings (SSSR count). The second-order valence-electron chi connectivity index (χ2n) is 8.79. The van der Waals surface area contributed by atoms with Gasteiger partial charge in [-0.3, -0.25) is 9.59 Å². The van der Waals surface area contributed by atoms with Gasteiger partial charge in [0.1, 0.15) is 23.4 Å². The molecule has 1 atom stereocenters. The van der Waals surface area contributed by atoms with Gasteiger partial charge in [0.05, 0.1) is 31.1 Å². The number of methoxy groups -OCH3 is 1. The van der Waals surface area contributed by atoms with Crippen molar-refractivity contribution in [3.8, 4) is 5.75 Å². The molecule has 192 valence electrons. The highest BCUT2D eigenvalue weighted by Gasteiger charge is 2.46. The van der Waals surface area contributed by atoms with E-state index in [2.05, 4.69) is 10.3 Å². The van der Waals surface area contributed by atoms with Gasteiger partial charge in [0.25, 0.3) is 5.91 Å². The summed E-state index contributed by atoms with van der Waals surface area (Å²) in [6.45, 7) is 0.211. The third-order valence-electron chi connectivity index (χ3n) is 6.11. The zero-order valence-corrected chi connectivity index (χ0v) is 20.8.